The Kier molecular flexibility index (Phi) is 4.26. The van der Waals surface area contributed by atoms with E-state index in [4.69, 9.17) is 5.73 Å². The van der Waals surface area contributed by atoms with E-state index in [2.05, 4.69) is 16.3 Å². The van der Waals surface area contributed by atoms with Crippen LogP contribution in [-0.2, 0) is 22.6 Å². The van der Waals surface area contributed by atoms with E-state index >= 15 is 0 Å². The molecule has 2 aliphatic rings. The maximum Gasteiger partial charge on any atom is 0.236 e. The summed E-state index contributed by atoms with van der Waals surface area (Å²) < 4.78 is 0. The summed E-state index contributed by atoms with van der Waals surface area (Å²) in [6.07, 6.45) is 2.71. The van der Waals surface area contributed by atoms with Crippen molar-refractivity contribution in [1.29, 1.82) is 0 Å². The topological polar surface area (TPSA) is 66.6 Å². The number of nitrogens with two attached hydrogens (primary N) is 1. The molecule has 1 fully saturated rings. The summed E-state index contributed by atoms with van der Waals surface area (Å²) >= 11 is 1.80. The number of hydrogen-bond acceptors (Lipinski definition) is 4. The van der Waals surface area contributed by atoms with Crippen LogP contribution in [0.4, 0.5) is 0 Å². The third kappa shape index (κ3) is 3.27. The van der Waals surface area contributed by atoms with Crippen LogP contribution in [0.3, 0.4) is 0 Å². The lowest BCUT2D eigenvalue weighted by molar-refractivity contribution is -0.136. The van der Waals surface area contributed by atoms with Gasteiger partial charge >= 0.3 is 0 Å². The van der Waals surface area contributed by atoms with Crippen molar-refractivity contribution in [2.24, 2.45) is 11.7 Å². The quantitative estimate of drug-likeness (QED) is 0.899. The summed E-state index contributed by atoms with van der Waals surface area (Å²) in [6.45, 7) is 3.48. The molecule has 0 bridgehead atoms. The van der Waals surface area contributed by atoms with Crippen LogP contribution in [0, 0.1) is 5.92 Å². The number of primary amides is 1. The number of thiophene rings is 1. The highest BCUT2D eigenvalue weighted by molar-refractivity contribution is 7.10. The first-order valence-electron chi connectivity index (χ1n) is 7.48. The number of hydrogen-bond donors (Lipinski definition) is 1. The molecule has 2 N–H and O–H groups in total. The van der Waals surface area contributed by atoms with Crippen LogP contribution in [0.15, 0.2) is 11.4 Å². The van der Waals surface area contributed by atoms with Crippen LogP contribution in [0.1, 0.15) is 23.3 Å². The predicted molar refractivity (Wildman–Crippen MR) is 81.8 cm³/mol. The van der Waals surface area contributed by atoms with Gasteiger partial charge in [0.25, 0.3) is 0 Å². The van der Waals surface area contributed by atoms with Gasteiger partial charge in [0.05, 0.1) is 12.5 Å². The predicted octanol–water partition coefficient (Wildman–Crippen LogP) is 0.830. The molecule has 5 nitrogen and oxygen atoms in total. The number of piperidine rings is 1. The van der Waals surface area contributed by atoms with Crippen molar-refractivity contribution < 1.29 is 9.59 Å². The van der Waals surface area contributed by atoms with Gasteiger partial charge in [0.15, 0.2) is 0 Å². The van der Waals surface area contributed by atoms with Crippen LogP contribution >= 0.6 is 11.3 Å². The number of carbonyl (C=O) groups excluding carboxylic acids is 2. The van der Waals surface area contributed by atoms with E-state index in [1.807, 2.05) is 4.90 Å². The lowest BCUT2D eigenvalue weighted by Gasteiger charge is -2.34. The van der Waals surface area contributed by atoms with Gasteiger partial charge in [-0.05, 0) is 36.3 Å². The Morgan fingerprint density at radius 2 is 2.24 bits per heavy atom. The molecule has 2 amide bonds. The Hall–Kier alpha value is -1.40. The van der Waals surface area contributed by atoms with Crippen molar-refractivity contribution in [3.05, 3.63) is 21.9 Å². The molecule has 1 aromatic heterocycles. The van der Waals surface area contributed by atoms with Crippen LogP contribution in [0.2, 0.25) is 0 Å². The standard InChI is InChI=1S/C15H21N3O2S/c16-15(20)12-2-1-5-18(9-12)14(19)10-17-6-3-13-11(8-17)4-7-21-13/h4,7,12H,1-3,5-6,8-10H2,(H2,16,20). The Morgan fingerprint density at radius 1 is 1.38 bits per heavy atom. The molecule has 3 rings (SSSR count). The second-order valence-corrected chi connectivity index (χ2v) is 6.91. The number of carbonyl (C=O) groups is 2. The molecule has 21 heavy (non-hydrogen) atoms. The average Bonchev–Trinajstić information content (AvgIpc) is 2.95. The molecule has 6 heteroatoms. The molecule has 1 atom stereocenters. The summed E-state index contributed by atoms with van der Waals surface area (Å²) in [5, 5.41) is 2.12. The van der Waals surface area contributed by atoms with E-state index in [0.717, 1.165) is 38.9 Å². The van der Waals surface area contributed by atoms with E-state index in [0.29, 0.717) is 13.1 Å². The van der Waals surface area contributed by atoms with Crippen molar-refractivity contribution >= 4 is 23.2 Å². The zero-order valence-electron chi connectivity index (χ0n) is 12.1. The van der Waals surface area contributed by atoms with Gasteiger partial charge in [-0.15, -0.1) is 11.3 Å². The van der Waals surface area contributed by atoms with Crippen LogP contribution < -0.4 is 5.73 Å². The highest BCUT2D eigenvalue weighted by Gasteiger charge is 2.28. The van der Waals surface area contributed by atoms with Crippen molar-refractivity contribution in [2.45, 2.75) is 25.8 Å². The number of rotatable bonds is 3. The van der Waals surface area contributed by atoms with Crippen LogP contribution in [-0.4, -0.2) is 47.8 Å². The van der Waals surface area contributed by atoms with Gasteiger partial charge < -0.3 is 10.6 Å². The first-order chi connectivity index (χ1) is 10.1. The summed E-state index contributed by atoms with van der Waals surface area (Å²) in [4.78, 5) is 29.2. The zero-order chi connectivity index (χ0) is 14.8. The Morgan fingerprint density at radius 3 is 3.05 bits per heavy atom. The number of fused-ring (bicyclic) bond motifs is 1. The second-order valence-electron chi connectivity index (χ2n) is 5.91. The van der Waals surface area contributed by atoms with Crippen molar-refractivity contribution in [1.82, 2.24) is 9.80 Å². The molecule has 1 aromatic rings. The molecular weight excluding hydrogens is 286 g/mol. The number of likely N-dealkylation sites (tertiary alicyclic amines) is 1. The normalized spacial score (nSPS) is 22.9. The Balaban J connectivity index is 1.56. The molecular formula is C15H21N3O2S. The lowest BCUT2D eigenvalue weighted by atomic mass is 9.97. The third-order valence-electron chi connectivity index (χ3n) is 4.42. The van der Waals surface area contributed by atoms with E-state index in [-0.39, 0.29) is 17.7 Å². The summed E-state index contributed by atoms with van der Waals surface area (Å²) in [5.41, 5.74) is 6.72. The summed E-state index contributed by atoms with van der Waals surface area (Å²) in [5.74, 6) is -0.333. The summed E-state index contributed by atoms with van der Waals surface area (Å²) in [6, 6.07) is 2.15. The number of nitrogens with zero attached hydrogens (tertiary/aromatic N) is 2. The minimum absolute atomic E-state index is 0.125. The van der Waals surface area contributed by atoms with Gasteiger partial charge in [0.1, 0.15) is 0 Å². The molecule has 1 saturated heterocycles. The molecule has 0 radical (unpaired) electrons. The zero-order valence-corrected chi connectivity index (χ0v) is 12.9. The smallest absolute Gasteiger partial charge is 0.236 e. The van der Waals surface area contributed by atoms with E-state index in [1.165, 1.54) is 10.4 Å². The molecule has 114 valence electrons. The Bertz CT molecular complexity index is 543. The van der Waals surface area contributed by atoms with E-state index in [9.17, 15) is 9.59 Å². The van der Waals surface area contributed by atoms with Crippen molar-refractivity contribution in [3.63, 3.8) is 0 Å². The maximum atomic E-state index is 12.4. The number of amides is 2. The van der Waals surface area contributed by atoms with Gasteiger partial charge in [-0.1, -0.05) is 0 Å². The maximum absolute atomic E-state index is 12.4. The van der Waals surface area contributed by atoms with Crippen molar-refractivity contribution in [2.75, 3.05) is 26.2 Å². The van der Waals surface area contributed by atoms with E-state index in [1.54, 1.807) is 11.3 Å². The third-order valence-corrected chi connectivity index (χ3v) is 5.45. The van der Waals surface area contributed by atoms with Gasteiger partial charge in [-0.25, -0.2) is 0 Å². The first kappa shape index (κ1) is 14.5. The largest absolute Gasteiger partial charge is 0.369 e. The highest BCUT2D eigenvalue weighted by atomic mass is 32.1. The summed E-state index contributed by atoms with van der Waals surface area (Å²) in [7, 11) is 0. The lowest BCUT2D eigenvalue weighted by Crippen LogP contribution is -2.48. The SMILES string of the molecule is NC(=O)C1CCCN(C(=O)CN2CCc3sccc3C2)C1. The molecule has 2 aliphatic heterocycles. The fourth-order valence-corrected chi connectivity index (χ4v) is 4.06. The minimum Gasteiger partial charge on any atom is -0.369 e. The van der Waals surface area contributed by atoms with Gasteiger partial charge in [-0.3, -0.25) is 14.5 Å². The van der Waals surface area contributed by atoms with Crippen LogP contribution in [0.5, 0.6) is 0 Å². The van der Waals surface area contributed by atoms with Gasteiger partial charge in [0, 0.05) is 31.1 Å². The van der Waals surface area contributed by atoms with E-state index < -0.39 is 0 Å². The molecule has 0 saturated carbocycles. The average molecular weight is 307 g/mol. The first-order valence-corrected chi connectivity index (χ1v) is 8.36. The molecule has 0 aromatic carbocycles. The highest BCUT2D eigenvalue weighted by Crippen LogP contribution is 2.24. The molecule has 1 unspecified atom stereocenters. The molecule has 0 aliphatic carbocycles. The fraction of sp³-hybridized carbons (Fsp3) is 0.600. The second kappa shape index (κ2) is 6.15. The van der Waals surface area contributed by atoms with Gasteiger partial charge in [-0.2, -0.15) is 0 Å². The Labute approximate surface area is 128 Å². The monoisotopic (exact) mass is 307 g/mol. The fourth-order valence-electron chi connectivity index (χ4n) is 3.17. The van der Waals surface area contributed by atoms with Crippen molar-refractivity contribution in [3.8, 4) is 0 Å². The molecule has 0 spiro atoms. The van der Waals surface area contributed by atoms with Crippen LogP contribution in [0.25, 0.3) is 0 Å². The van der Waals surface area contributed by atoms with Gasteiger partial charge in [0.2, 0.25) is 11.8 Å². The molecule has 3 heterocycles. The minimum atomic E-state index is -0.284.